The van der Waals surface area contributed by atoms with E-state index in [0.29, 0.717) is 4.90 Å². The molecule has 0 radical (unpaired) electrons. The van der Waals surface area contributed by atoms with Crippen LogP contribution >= 0.6 is 0 Å². The van der Waals surface area contributed by atoms with E-state index in [4.69, 9.17) is 0 Å². The summed E-state index contributed by atoms with van der Waals surface area (Å²) in [6.45, 7) is 5.90. The zero-order valence-electron chi connectivity index (χ0n) is 15.6. The maximum Gasteiger partial charge on any atom is 0.206 e. The molecular formula is C22H22N2O2S. The molecule has 3 aromatic carbocycles. The average Bonchev–Trinajstić information content (AvgIpc) is 2.67. The molecule has 4 nitrogen and oxygen atoms in total. The van der Waals surface area contributed by atoms with E-state index < -0.39 is 9.84 Å². The molecule has 0 unspecified atom stereocenters. The van der Waals surface area contributed by atoms with E-state index in [1.54, 1.807) is 48.5 Å². The molecule has 3 rings (SSSR count). The Morgan fingerprint density at radius 1 is 0.815 bits per heavy atom. The van der Waals surface area contributed by atoms with E-state index in [2.05, 4.69) is 10.5 Å². The number of sulfone groups is 1. The molecule has 0 spiro atoms. The van der Waals surface area contributed by atoms with Gasteiger partial charge in [-0.1, -0.05) is 42.0 Å². The molecule has 0 atom stereocenters. The van der Waals surface area contributed by atoms with Crippen LogP contribution in [0.1, 0.15) is 23.6 Å². The molecule has 0 bridgehead atoms. The van der Waals surface area contributed by atoms with Crippen molar-refractivity contribution in [1.29, 1.82) is 0 Å². The van der Waals surface area contributed by atoms with Crippen LogP contribution in [0.15, 0.2) is 87.7 Å². The van der Waals surface area contributed by atoms with Crippen LogP contribution in [0.2, 0.25) is 0 Å². The van der Waals surface area contributed by atoms with E-state index in [-0.39, 0.29) is 4.90 Å². The van der Waals surface area contributed by atoms with Crippen molar-refractivity contribution >= 4 is 21.2 Å². The topological polar surface area (TPSA) is 58.5 Å². The minimum Gasteiger partial charge on any atom is -0.278 e. The summed E-state index contributed by atoms with van der Waals surface area (Å²) in [5.41, 5.74) is 7.83. The quantitative estimate of drug-likeness (QED) is 0.503. The standard InChI is InChI=1S/C22H22N2O2S/c1-16-8-12-20(13-9-16)27(25,26)21-14-10-19(11-15-21)24-23-18(3)22-7-5-4-6-17(22)2/h4-15,24H,1-3H3/b23-18-. The number of hydrogen-bond acceptors (Lipinski definition) is 4. The van der Waals surface area contributed by atoms with Crippen LogP contribution < -0.4 is 5.43 Å². The van der Waals surface area contributed by atoms with Gasteiger partial charge in [-0.2, -0.15) is 5.10 Å². The van der Waals surface area contributed by atoms with E-state index in [1.165, 1.54) is 0 Å². The van der Waals surface area contributed by atoms with E-state index in [0.717, 1.165) is 28.1 Å². The normalized spacial score (nSPS) is 12.0. The molecule has 0 fully saturated rings. The van der Waals surface area contributed by atoms with Gasteiger partial charge >= 0.3 is 0 Å². The second-order valence-electron chi connectivity index (χ2n) is 6.46. The number of rotatable bonds is 5. The summed E-state index contributed by atoms with van der Waals surface area (Å²) < 4.78 is 25.4. The predicted molar refractivity (Wildman–Crippen MR) is 110 cm³/mol. The van der Waals surface area contributed by atoms with Crippen LogP contribution in [0.5, 0.6) is 0 Å². The van der Waals surface area contributed by atoms with Crippen LogP contribution in [0, 0.1) is 13.8 Å². The van der Waals surface area contributed by atoms with Gasteiger partial charge in [0.05, 0.1) is 21.2 Å². The van der Waals surface area contributed by atoms with Crippen molar-refractivity contribution in [2.45, 2.75) is 30.6 Å². The van der Waals surface area contributed by atoms with Gasteiger partial charge in [0.25, 0.3) is 0 Å². The summed E-state index contributed by atoms with van der Waals surface area (Å²) >= 11 is 0. The molecule has 0 aromatic heterocycles. The Balaban J connectivity index is 1.78. The first-order valence-corrected chi connectivity index (χ1v) is 10.1. The summed E-state index contributed by atoms with van der Waals surface area (Å²) in [5.74, 6) is 0. The third kappa shape index (κ3) is 4.26. The van der Waals surface area contributed by atoms with Crippen LogP contribution in [-0.4, -0.2) is 14.1 Å². The van der Waals surface area contributed by atoms with Crippen molar-refractivity contribution in [3.63, 3.8) is 0 Å². The molecule has 3 aromatic rings. The van der Waals surface area contributed by atoms with Crippen molar-refractivity contribution < 1.29 is 8.42 Å². The van der Waals surface area contributed by atoms with Crippen molar-refractivity contribution in [2.75, 3.05) is 5.43 Å². The minimum absolute atomic E-state index is 0.261. The summed E-state index contributed by atoms with van der Waals surface area (Å²) in [6, 6.07) is 21.5. The van der Waals surface area contributed by atoms with Gasteiger partial charge in [-0.15, -0.1) is 0 Å². The maximum absolute atomic E-state index is 12.7. The highest BCUT2D eigenvalue weighted by molar-refractivity contribution is 7.91. The highest BCUT2D eigenvalue weighted by Crippen LogP contribution is 2.22. The molecule has 0 heterocycles. The van der Waals surface area contributed by atoms with Gasteiger partial charge in [-0.05, 0) is 62.7 Å². The van der Waals surface area contributed by atoms with Crippen LogP contribution in [0.3, 0.4) is 0 Å². The summed E-state index contributed by atoms with van der Waals surface area (Å²) in [4.78, 5) is 0.554. The van der Waals surface area contributed by atoms with E-state index in [1.807, 2.05) is 45.0 Å². The maximum atomic E-state index is 12.7. The number of hydrogen-bond donors (Lipinski definition) is 1. The summed E-state index contributed by atoms with van der Waals surface area (Å²) in [5, 5.41) is 4.40. The van der Waals surface area contributed by atoms with Crippen molar-refractivity contribution in [2.24, 2.45) is 5.10 Å². The smallest absolute Gasteiger partial charge is 0.206 e. The molecule has 27 heavy (non-hydrogen) atoms. The molecule has 5 heteroatoms. The highest BCUT2D eigenvalue weighted by Gasteiger charge is 2.17. The SMILES string of the molecule is C/C(=N/Nc1ccc(S(=O)(=O)c2ccc(C)cc2)cc1)c1ccccc1C. The second kappa shape index (κ2) is 7.76. The molecule has 0 saturated heterocycles. The van der Waals surface area contributed by atoms with E-state index in [9.17, 15) is 8.42 Å². The zero-order valence-corrected chi connectivity index (χ0v) is 16.4. The van der Waals surface area contributed by atoms with E-state index >= 15 is 0 Å². The van der Waals surface area contributed by atoms with Crippen molar-refractivity contribution in [1.82, 2.24) is 0 Å². The third-order valence-electron chi connectivity index (χ3n) is 4.38. The fraction of sp³-hybridized carbons (Fsp3) is 0.136. The Hall–Kier alpha value is -2.92. The lowest BCUT2D eigenvalue weighted by molar-refractivity contribution is 0.596. The van der Waals surface area contributed by atoms with Crippen LogP contribution in [0.4, 0.5) is 5.69 Å². The predicted octanol–water partition coefficient (Wildman–Crippen LogP) is 4.97. The van der Waals surface area contributed by atoms with Crippen molar-refractivity contribution in [3.8, 4) is 0 Å². The monoisotopic (exact) mass is 378 g/mol. The first kappa shape index (κ1) is 18.9. The molecule has 0 aliphatic carbocycles. The Bertz CT molecular complexity index is 1070. The lowest BCUT2D eigenvalue weighted by Crippen LogP contribution is -2.03. The number of anilines is 1. The Morgan fingerprint density at radius 2 is 1.37 bits per heavy atom. The molecule has 0 aliphatic heterocycles. The van der Waals surface area contributed by atoms with Gasteiger partial charge in [0, 0.05) is 5.56 Å². The lowest BCUT2D eigenvalue weighted by Gasteiger charge is -2.08. The lowest BCUT2D eigenvalue weighted by atomic mass is 10.1. The van der Waals surface area contributed by atoms with Crippen LogP contribution in [0.25, 0.3) is 0 Å². The van der Waals surface area contributed by atoms with Crippen LogP contribution in [-0.2, 0) is 9.84 Å². The van der Waals surface area contributed by atoms with Gasteiger partial charge in [0.1, 0.15) is 0 Å². The molecular weight excluding hydrogens is 356 g/mol. The molecule has 0 aliphatic rings. The summed E-state index contributed by atoms with van der Waals surface area (Å²) in [6.07, 6.45) is 0. The second-order valence-corrected chi connectivity index (χ2v) is 8.41. The van der Waals surface area contributed by atoms with Crippen molar-refractivity contribution in [3.05, 3.63) is 89.5 Å². The Morgan fingerprint density at radius 3 is 1.96 bits per heavy atom. The number of aryl methyl sites for hydroxylation is 2. The Kier molecular flexibility index (Phi) is 5.42. The molecule has 0 amide bonds. The Labute approximate surface area is 160 Å². The highest BCUT2D eigenvalue weighted by atomic mass is 32.2. The number of hydrazone groups is 1. The number of benzene rings is 3. The number of nitrogens with one attached hydrogen (secondary N) is 1. The largest absolute Gasteiger partial charge is 0.278 e. The first-order valence-electron chi connectivity index (χ1n) is 8.66. The molecule has 138 valence electrons. The third-order valence-corrected chi connectivity index (χ3v) is 6.17. The number of nitrogens with zero attached hydrogens (tertiary/aromatic N) is 1. The summed E-state index contributed by atoms with van der Waals surface area (Å²) in [7, 11) is -3.52. The fourth-order valence-corrected chi connectivity index (χ4v) is 4.01. The van der Waals surface area contributed by atoms with Gasteiger partial charge in [0.2, 0.25) is 9.84 Å². The molecule has 1 N–H and O–H groups in total. The first-order chi connectivity index (χ1) is 12.9. The molecule has 0 saturated carbocycles. The minimum atomic E-state index is -3.52. The van der Waals surface area contributed by atoms with Gasteiger partial charge in [-0.3, -0.25) is 5.43 Å². The zero-order chi connectivity index (χ0) is 19.4. The van der Waals surface area contributed by atoms with Gasteiger partial charge in [-0.25, -0.2) is 8.42 Å². The fourth-order valence-electron chi connectivity index (χ4n) is 2.75. The van der Waals surface area contributed by atoms with Gasteiger partial charge < -0.3 is 0 Å². The average molecular weight is 378 g/mol. The van der Waals surface area contributed by atoms with Gasteiger partial charge in [0.15, 0.2) is 0 Å².